The van der Waals surface area contributed by atoms with Crippen molar-refractivity contribution in [2.45, 2.75) is 37.3 Å². The van der Waals surface area contributed by atoms with E-state index in [1.54, 1.807) is 50.1 Å². The van der Waals surface area contributed by atoms with Gasteiger partial charge in [-0.25, -0.2) is 0 Å². The summed E-state index contributed by atoms with van der Waals surface area (Å²) in [6.07, 6.45) is 0. The van der Waals surface area contributed by atoms with Gasteiger partial charge in [0.25, 0.3) is 5.76 Å². The van der Waals surface area contributed by atoms with Gasteiger partial charge in [0.2, 0.25) is 5.91 Å². The lowest BCUT2D eigenvalue weighted by Gasteiger charge is -2.10. The van der Waals surface area contributed by atoms with Crippen molar-refractivity contribution >= 4 is 58.2 Å². The maximum atomic E-state index is 12.4. The van der Waals surface area contributed by atoms with Gasteiger partial charge in [-0.15, -0.1) is 10.2 Å². The van der Waals surface area contributed by atoms with E-state index < -0.39 is 5.76 Å². The SMILES string of the molecule is COc1ccc(CSc2nnc(SC(C)C(=O)Nc3ccc(SC(F)F)cc3)s2)cc1. The summed E-state index contributed by atoms with van der Waals surface area (Å²) in [4.78, 5) is 12.9. The van der Waals surface area contributed by atoms with Crippen LogP contribution in [0.3, 0.4) is 0 Å². The molecule has 1 atom stereocenters. The van der Waals surface area contributed by atoms with Crippen LogP contribution in [0.5, 0.6) is 5.75 Å². The smallest absolute Gasteiger partial charge is 0.288 e. The second-order valence-electron chi connectivity index (χ2n) is 6.12. The van der Waals surface area contributed by atoms with Crippen molar-refractivity contribution in [1.29, 1.82) is 0 Å². The predicted molar refractivity (Wildman–Crippen MR) is 125 cm³/mol. The molecule has 31 heavy (non-hydrogen) atoms. The number of amides is 1. The average Bonchev–Trinajstić information content (AvgIpc) is 3.21. The summed E-state index contributed by atoms with van der Waals surface area (Å²) in [5, 5.41) is 10.7. The first kappa shape index (κ1) is 23.8. The number of nitrogens with one attached hydrogen (secondary N) is 1. The quantitative estimate of drug-likeness (QED) is 0.330. The summed E-state index contributed by atoms with van der Waals surface area (Å²) in [7, 11) is 1.64. The number of hydrogen-bond donors (Lipinski definition) is 1. The maximum absolute atomic E-state index is 12.4. The molecule has 11 heteroatoms. The van der Waals surface area contributed by atoms with Crippen molar-refractivity contribution in [1.82, 2.24) is 10.2 Å². The van der Waals surface area contributed by atoms with Gasteiger partial charge in [0.05, 0.1) is 12.4 Å². The van der Waals surface area contributed by atoms with Gasteiger partial charge in [-0.05, 0) is 48.9 Å². The van der Waals surface area contributed by atoms with Gasteiger partial charge in [0.15, 0.2) is 8.68 Å². The molecular formula is C20H19F2N3O2S4. The number of anilines is 1. The Kier molecular flexibility index (Phi) is 9.00. The number of aromatic nitrogens is 2. The molecule has 0 saturated heterocycles. The highest BCUT2D eigenvalue weighted by Crippen LogP contribution is 2.33. The second kappa shape index (κ2) is 11.7. The number of halogens is 2. The standard InChI is InChI=1S/C20H19F2N3O2S4/c1-12(17(26)23-14-5-9-16(10-6-14)30-18(21)22)29-20-25-24-19(31-20)28-11-13-3-7-15(27-2)8-4-13/h3-10,12,18H,11H2,1-2H3,(H,23,26). The predicted octanol–water partition coefficient (Wildman–Crippen LogP) is 6.27. The van der Waals surface area contributed by atoms with E-state index in [1.807, 2.05) is 24.3 Å². The summed E-state index contributed by atoms with van der Waals surface area (Å²) in [5.74, 6) is -1.08. The molecule has 1 unspecified atom stereocenters. The monoisotopic (exact) mass is 499 g/mol. The molecule has 2 aromatic carbocycles. The van der Waals surface area contributed by atoms with Gasteiger partial charge in [-0.3, -0.25) is 4.79 Å². The first-order valence-electron chi connectivity index (χ1n) is 9.04. The topological polar surface area (TPSA) is 64.1 Å². The average molecular weight is 500 g/mol. The lowest BCUT2D eigenvalue weighted by Crippen LogP contribution is -2.22. The van der Waals surface area contributed by atoms with Gasteiger partial charge < -0.3 is 10.1 Å². The zero-order valence-electron chi connectivity index (χ0n) is 16.6. The highest BCUT2D eigenvalue weighted by Gasteiger charge is 2.18. The molecule has 5 nitrogen and oxygen atoms in total. The molecule has 0 aliphatic carbocycles. The number of hydrogen-bond acceptors (Lipinski definition) is 8. The molecule has 0 aliphatic rings. The Hall–Kier alpha value is -1.82. The molecule has 0 aliphatic heterocycles. The first-order chi connectivity index (χ1) is 14.9. The van der Waals surface area contributed by atoms with E-state index in [1.165, 1.54) is 23.1 Å². The van der Waals surface area contributed by atoms with Crippen LogP contribution in [-0.4, -0.2) is 34.2 Å². The fourth-order valence-corrected chi connectivity index (χ4v) is 5.96. The Morgan fingerprint density at radius 3 is 2.39 bits per heavy atom. The third-order valence-electron chi connectivity index (χ3n) is 3.90. The first-order valence-corrected chi connectivity index (χ1v) is 12.6. The fraction of sp³-hybridized carbons (Fsp3) is 0.250. The lowest BCUT2D eigenvalue weighted by atomic mass is 10.2. The zero-order valence-corrected chi connectivity index (χ0v) is 19.8. The van der Waals surface area contributed by atoms with Crippen LogP contribution in [0.4, 0.5) is 14.5 Å². The van der Waals surface area contributed by atoms with Crippen molar-refractivity contribution in [2.24, 2.45) is 0 Å². The number of carbonyl (C=O) groups is 1. The molecule has 3 rings (SSSR count). The number of rotatable bonds is 10. The fourth-order valence-electron chi connectivity index (χ4n) is 2.34. The summed E-state index contributed by atoms with van der Waals surface area (Å²) in [6, 6.07) is 14.2. The number of benzene rings is 2. The molecule has 3 aromatic rings. The highest BCUT2D eigenvalue weighted by molar-refractivity contribution is 8.03. The van der Waals surface area contributed by atoms with Crippen LogP contribution in [-0.2, 0) is 10.5 Å². The Morgan fingerprint density at radius 2 is 1.74 bits per heavy atom. The maximum Gasteiger partial charge on any atom is 0.288 e. The number of nitrogens with zero attached hydrogens (tertiary/aromatic N) is 2. The molecule has 0 fully saturated rings. The van der Waals surface area contributed by atoms with E-state index >= 15 is 0 Å². The highest BCUT2D eigenvalue weighted by atomic mass is 32.2. The number of ether oxygens (including phenoxy) is 1. The number of carbonyl (C=O) groups excluding carboxylic acids is 1. The van der Waals surface area contributed by atoms with Crippen LogP contribution in [0, 0.1) is 0 Å². The van der Waals surface area contributed by atoms with Gasteiger partial charge in [-0.1, -0.05) is 58.8 Å². The molecule has 1 amide bonds. The van der Waals surface area contributed by atoms with Crippen molar-refractivity contribution in [3.05, 3.63) is 54.1 Å². The molecule has 0 spiro atoms. The molecule has 0 radical (unpaired) electrons. The third kappa shape index (κ3) is 7.67. The summed E-state index contributed by atoms with van der Waals surface area (Å²) < 4.78 is 31.5. The van der Waals surface area contributed by atoms with E-state index in [2.05, 4.69) is 15.5 Å². The Labute approximate surface area is 195 Å². The minimum absolute atomic E-state index is 0.193. The van der Waals surface area contributed by atoms with Crippen molar-refractivity contribution in [2.75, 3.05) is 12.4 Å². The Bertz CT molecular complexity index is 985. The largest absolute Gasteiger partial charge is 0.497 e. The molecule has 0 saturated carbocycles. The van der Waals surface area contributed by atoms with E-state index in [4.69, 9.17) is 4.74 Å². The summed E-state index contributed by atoms with van der Waals surface area (Å²) in [6.45, 7) is 1.78. The van der Waals surface area contributed by atoms with Crippen LogP contribution in [0.2, 0.25) is 0 Å². The Balaban J connectivity index is 1.48. The second-order valence-corrected chi connectivity index (χ2v) is 11.0. The minimum atomic E-state index is -2.47. The van der Waals surface area contributed by atoms with Gasteiger partial charge in [0, 0.05) is 16.3 Å². The van der Waals surface area contributed by atoms with Crippen LogP contribution in [0.1, 0.15) is 12.5 Å². The number of alkyl halides is 2. The summed E-state index contributed by atoms with van der Waals surface area (Å²) >= 11 is 4.83. The van der Waals surface area contributed by atoms with E-state index in [0.29, 0.717) is 26.7 Å². The van der Waals surface area contributed by atoms with Crippen molar-refractivity contribution in [3.8, 4) is 5.75 Å². The van der Waals surface area contributed by atoms with Crippen LogP contribution < -0.4 is 10.1 Å². The van der Waals surface area contributed by atoms with Gasteiger partial charge in [-0.2, -0.15) is 8.78 Å². The molecule has 0 bridgehead atoms. The van der Waals surface area contributed by atoms with Crippen LogP contribution >= 0.6 is 46.6 Å². The van der Waals surface area contributed by atoms with Gasteiger partial charge in [0.1, 0.15) is 5.75 Å². The van der Waals surface area contributed by atoms with E-state index in [-0.39, 0.29) is 11.2 Å². The molecule has 1 aromatic heterocycles. The van der Waals surface area contributed by atoms with Crippen molar-refractivity contribution in [3.63, 3.8) is 0 Å². The van der Waals surface area contributed by atoms with Crippen molar-refractivity contribution < 1.29 is 18.3 Å². The van der Waals surface area contributed by atoms with E-state index in [9.17, 15) is 13.6 Å². The number of methoxy groups -OCH3 is 1. The minimum Gasteiger partial charge on any atom is -0.497 e. The number of thioether (sulfide) groups is 3. The van der Waals surface area contributed by atoms with Gasteiger partial charge >= 0.3 is 0 Å². The molecular weight excluding hydrogens is 481 g/mol. The molecule has 164 valence electrons. The van der Waals surface area contributed by atoms with E-state index in [0.717, 1.165) is 21.4 Å². The molecule has 1 heterocycles. The Morgan fingerprint density at radius 1 is 1.06 bits per heavy atom. The summed E-state index contributed by atoms with van der Waals surface area (Å²) in [5.41, 5.74) is 1.71. The van der Waals surface area contributed by atoms with Crippen LogP contribution in [0.25, 0.3) is 0 Å². The zero-order chi connectivity index (χ0) is 22.2. The van der Waals surface area contributed by atoms with Crippen LogP contribution in [0.15, 0.2) is 62.1 Å². The third-order valence-corrected chi connectivity index (χ3v) is 7.94. The lowest BCUT2D eigenvalue weighted by molar-refractivity contribution is -0.115. The molecule has 1 N–H and O–H groups in total. The normalized spacial score (nSPS) is 12.0.